The van der Waals surface area contributed by atoms with E-state index in [0.717, 1.165) is 18.1 Å². The highest BCUT2D eigenvalue weighted by molar-refractivity contribution is 5.41. The van der Waals surface area contributed by atoms with Crippen LogP contribution in [0.2, 0.25) is 0 Å². The third-order valence-corrected chi connectivity index (χ3v) is 4.75. The summed E-state index contributed by atoms with van der Waals surface area (Å²) in [5.74, 6) is 1.75. The van der Waals surface area contributed by atoms with Crippen LogP contribution >= 0.6 is 0 Å². The molecule has 3 rings (SSSR count). The van der Waals surface area contributed by atoms with Crippen LogP contribution in [0.3, 0.4) is 0 Å². The maximum absolute atomic E-state index is 6.26. The van der Waals surface area contributed by atoms with Gasteiger partial charge in [-0.3, -0.25) is 0 Å². The Balaban J connectivity index is 1.94. The lowest BCUT2D eigenvalue weighted by molar-refractivity contribution is 0.394. The van der Waals surface area contributed by atoms with Gasteiger partial charge in [-0.25, -0.2) is 0 Å². The van der Waals surface area contributed by atoms with Crippen LogP contribution in [0.5, 0.6) is 5.75 Å². The van der Waals surface area contributed by atoms with Gasteiger partial charge in [0.2, 0.25) is 0 Å². The standard InChI is InChI=1S/C15H21NO/c1-17-13-8-4-7-12(9-13)15(10-14(15)16)11-5-2-3-6-11/h4,7-9,11,14H,2-3,5-6,10,16H2,1H3/t14-,15?/m1/s1. The molecule has 92 valence electrons. The molecule has 0 amide bonds. The third kappa shape index (κ3) is 1.66. The maximum atomic E-state index is 6.26. The molecule has 2 aliphatic carbocycles. The average molecular weight is 231 g/mol. The molecule has 2 fully saturated rings. The molecule has 0 heterocycles. The van der Waals surface area contributed by atoms with Gasteiger partial charge < -0.3 is 10.5 Å². The number of rotatable bonds is 3. The minimum Gasteiger partial charge on any atom is -0.497 e. The second-order valence-corrected chi connectivity index (χ2v) is 5.56. The molecule has 17 heavy (non-hydrogen) atoms. The fourth-order valence-corrected chi connectivity index (χ4v) is 3.70. The van der Waals surface area contributed by atoms with Gasteiger partial charge in [0, 0.05) is 11.5 Å². The molecule has 2 heteroatoms. The van der Waals surface area contributed by atoms with Crippen molar-refractivity contribution in [2.45, 2.75) is 43.6 Å². The van der Waals surface area contributed by atoms with Crippen LogP contribution in [0.25, 0.3) is 0 Å². The zero-order valence-electron chi connectivity index (χ0n) is 10.5. The van der Waals surface area contributed by atoms with Gasteiger partial charge in [0.25, 0.3) is 0 Å². The van der Waals surface area contributed by atoms with Gasteiger partial charge in [0.1, 0.15) is 5.75 Å². The number of methoxy groups -OCH3 is 1. The number of ether oxygens (including phenoxy) is 1. The van der Waals surface area contributed by atoms with E-state index in [1.165, 1.54) is 31.2 Å². The van der Waals surface area contributed by atoms with E-state index in [4.69, 9.17) is 10.5 Å². The summed E-state index contributed by atoms with van der Waals surface area (Å²) in [5, 5.41) is 0. The largest absolute Gasteiger partial charge is 0.497 e. The van der Waals surface area contributed by atoms with E-state index < -0.39 is 0 Å². The first kappa shape index (κ1) is 11.1. The molecule has 2 N–H and O–H groups in total. The molecule has 0 aliphatic heterocycles. The quantitative estimate of drug-likeness (QED) is 0.868. The lowest BCUT2D eigenvalue weighted by Crippen LogP contribution is -2.26. The highest BCUT2D eigenvalue weighted by Gasteiger charge is 2.58. The van der Waals surface area contributed by atoms with Gasteiger partial charge in [0.05, 0.1) is 7.11 Å². The molecule has 2 nitrogen and oxygen atoms in total. The lowest BCUT2D eigenvalue weighted by atomic mass is 9.81. The number of nitrogens with two attached hydrogens (primary N) is 1. The molecule has 1 aromatic carbocycles. The fraction of sp³-hybridized carbons (Fsp3) is 0.600. The van der Waals surface area contributed by atoms with E-state index in [0.29, 0.717) is 6.04 Å². The summed E-state index contributed by atoms with van der Waals surface area (Å²) in [6.07, 6.45) is 6.62. The van der Waals surface area contributed by atoms with Crippen LogP contribution in [-0.4, -0.2) is 13.2 Å². The minimum absolute atomic E-state index is 0.269. The van der Waals surface area contributed by atoms with Crippen LogP contribution in [0.15, 0.2) is 24.3 Å². The van der Waals surface area contributed by atoms with Crippen molar-refractivity contribution in [2.75, 3.05) is 7.11 Å². The SMILES string of the molecule is COc1cccc(C2(C3CCCC3)C[C@H]2N)c1. The Kier molecular flexibility index (Phi) is 2.62. The summed E-state index contributed by atoms with van der Waals surface area (Å²) in [6.45, 7) is 0. The van der Waals surface area contributed by atoms with E-state index in [9.17, 15) is 0 Å². The van der Waals surface area contributed by atoms with E-state index >= 15 is 0 Å². The highest BCUT2D eigenvalue weighted by atomic mass is 16.5. The van der Waals surface area contributed by atoms with Gasteiger partial charge in [-0.2, -0.15) is 0 Å². The van der Waals surface area contributed by atoms with Crippen LogP contribution < -0.4 is 10.5 Å². The van der Waals surface area contributed by atoms with Crippen molar-refractivity contribution in [1.29, 1.82) is 0 Å². The molecule has 1 unspecified atom stereocenters. The van der Waals surface area contributed by atoms with Gasteiger partial charge in [0.15, 0.2) is 0 Å². The Hall–Kier alpha value is -1.02. The first-order valence-corrected chi connectivity index (χ1v) is 6.67. The first-order chi connectivity index (χ1) is 8.27. The number of benzene rings is 1. The summed E-state index contributed by atoms with van der Waals surface area (Å²) in [6, 6.07) is 8.88. The van der Waals surface area contributed by atoms with Gasteiger partial charge in [-0.05, 0) is 42.9 Å². The Bertz CT molecular complexity index is 411. The van der Waals surface area contributed by atoms with E-state index in [-0.39, 0.29) is 5.41 Å². The van der Waals surface area contributed by atoms with Crippen molar-refractivity contribution < 1.29 is 4.74 Å². The molecular formula is C15H21NO. The second-order valence-electron chi connectivity index (χ2n) is 5.56. The van der Waals surface area contributed by atoms with Crippen molar-refractivity contribution in [3.8, 4) is 5.75 Å². The van der Waals surface area contributed by atoms with Gasteiger partial charge >= 0.3 is 0 Å². The lowest BCUT2D eigenvalue weighted by Gasteiger charge is -2.24. The predicted octanol–water partition coefficient (Wildman–Crippen LogP) is 2.85. The van der Waals surface area contributed by atoms with Crippen molar-refractivity contribution in [1.82, 2.24) is 0 Å². The van der Waals surface area contributed by atoms with Crippen LogP contribution in [0, 0.1) is 5.92 Å². The summed E-state index contributed by atoms with van der Waals surface area (Å²) >= 11 is 0. The maximum Gasteiger partial charge on any atom is 0.119 e. The van der Waals surface area contributed by atoms with E-state index in [1.807, 2.05) is 6.07 Å². The van der Waals surface area contributed by atoms with Gasteiger partial charge in [-0.1, -0.05) is 25.0 Å². The van der Waals surface area contributed by atoms with Crippen molar-refractivity contribution in [3.05, 3.63) is 29.8 Å². The summed E-state index contributed by atoms with van der Waals surface area (Å²) in [7, 11) is 1.73. The zero-order chi connectivity index (χ0) is 11.9. The number of hydrogen-bond acceptors (Lipinski definition) is 2. The summed E-state index contributed by atoms with van der Waals surface area (Å²) in [5.41, 5.74) is 7.93. The zero-order valence-corrected chi connectivity index (χ0v) is 10.5. The van der Waals surface area contributed by atoms with E-state index in [1.54, 1.807) is 7.11 Å². The van der Waals surface area contributed by atoms with Crippen molar-refractivity contribution in [2.24, 2.45) is 11.7 Å². The monoisotopic (exact) mass is 231 g/mol. The van der Waals surface area contributed by atoms with Crippen LogP contribution in [-0.2, 0) is 5.41 Å². The average Bonchev–Trinajstić information content (AvgIpc) is 2.82. The van der Waals surface area contributed by atoms with Gasteiger partial charge in [-0.15, -0.1) is 0 Å². The molecule has 0 bridgehead atoms. The first-order valence-electron chi connectivity index (χ1n) is 6.67. The Labute approximate surface area is 103 Å². The Morgan fingerprint density at radius 3 is 2.59 bits per heavy atom. The molecule has 2 aliphatic rings. The van der Waals surface area contributed by atoms with Crippen molar-refractivity contribution >= 4 is 0 Å². The molecule has 0 radical (unpaired) electrons. The third-order valence-electron chi connectivity index (χ3n) is 4.75. The van der Waals surface area contributed by atoms with Crippen LogP contribution in [0.1, 0.15) is 37.7 Å². The number of hydrogen-bond donors (Lipinski definition) is 1. The van der Waals surface area contributed by atoms with E-state index in [2.05, 4.69) is 18.2 Å². The molecule has 1 aromatic rings. The minimum atomic E-state index is 0.269. The fourth-order valence-electron chi connectivity index (χ4n) is 3.70. The summed E-state index contributed by atoms with van der Waals surface area (Å²) in [4.78, 5) is 0. The molecule has 2 saturated carbocycles. The Morgan fingerprint density at radius 1 is 1.29 bits per heavy atom. The Morgan fingerprint density at radius 2 is 2.00 bits per heavy atom. The second kappa shape index (κ2) is 4.02. The predicted molar refractivity (Wildman–Crippen MR) is 69.2 cm³/mol. The topological polar surface area (TPSA) is 35.2 Å². The molecule has 0 saturated heterocycles. The summed E-state index contributed by atoms with van der Waals surface area (Å²) < 4.78 is 5.33. The normalized spacial score (nSPS) is 32.7. The highest BCUT2D eigenvalue weighted by Crippen LogP contribution is 2.57. The van der Waals surface area contributed by atoms with Crippen LogP contribution in [0.4, 0.5) is 0 Å². The molecule has 0 aromatic heterocycles. The van der Waals surface area contributed by atoms with Crippen molar-refractivity contribution in [3.63, 3.8) is 0 Å². The molecular weight excluding hydrogens is 210 g/mol. The molecule has 2 atom stereocenters. The molecule has 0 spiro atoms. The smallest absolute Gasteiger partial charge is 0.119 e.